The second kappa shape index (κ2) is 10.0. The van der Waals surface area contributed by atoms with Crippen LogP contribution in [0.4, 0.5) is 0 Å². The van der Waals surface area contributed by atoms with Gasteiger partial charge in [0.25, 0.3) is 5.91 Å². The Balaban J connectivity index is 1.47. The molecule has 0 unspecified atom stereocenters. The minimum atomic E-state index is -0.635. The van der Waals surface area contributed by atoms with Crippen LogP contribution in [0.1, 0.15) is 41.3 Å². The van der Waals surface area contributed by atoms with Crippen LogP contribution in [-0.2, 0) is 16.0 Å². The number of rotatable bonds is 8. The Labute approximate surface area is 176 Å². The maximum absolute atomic E-state index is 12.3. The van der Waals surface area contributed by atoms with E-state index in [2.05, 4.69) is 43.4 Å². The molecule has 1 amide bonds. The van der Waals surface area contributed by atoms with Gasteiger partial charge in [-0.25, -0.2) is 4.79 Å². The summed E-state index contributed by atoms with van der Waals surface area (Å²) in [7, 11) is 1.48. The Hall–Kier alpha value is -3.22. The second-order valence-electron chi connectivity index (χ2n) is 7.28. The summed E-state index contributed by atoms with van der Waals surface area (Å²) in [6.45, 7) is 5.21. The van der Waals surface area contributed by atoms with Crippen molar-refractivity contribution in [3.8, 4) is 17.2 Å². The first-order valence-corrected chi connectivity index (χ1v) is 9.98. The number of amides is 1. The number of hydrogen-bond donors (Lipinski definition) is 1. The Bertz CT molecular complexity index is 874. The SMILES string of the molecule is COc1cc(C(=O)OCC(=O)NCCc2ccc(C(C)C)cc2)cc2c1OCCO2. The van der Waals surface area contributed by atoms with E-state index in [0.29, 0.717) is 49.3 Å². The highest BCUT2D eigenvalue weighted by Crippen LogP contribution is 2.40. The number of ether oxygens (including phenoxy) is 4. The van der Waals surface area contributed by atoms with Gasteiger partial charge in [-0.15, -0.1) is 0 Å². The number of carbonyl (C=O) groups is 2. The van der Waals surface area contributed by atoms with Crippen LogP contribution in [0, 0.1) is 0 Å². The number of benzene rings is 2. The van der Waals surface area contributed by atoms with Crippen molar-refractivity contribution in [1.29, 1.82) is 0 Å². The molecule has 7 nitrogen and oxygen atoms in total. The third-order valence-electron chi connectivity index (χ3n) is 4.78. The fourth-order valence-corrected chi connectivity index (χ4v) is 3.07. The maximum atomic E-state index is 12.3. The molecule has 0 fully saturated rings. The molecular weight excluding hydrogens is 386 g/mol. The van der Waals surface area contributed by atoms with Gasteiger partial charge in [0.15, 0.2) is 18.1 Å². The molecule has 7 heteroatoms. The lowest BCUT2D eigenvalue weighted by molar-refractivity contribution is -0.124. The lowest BCUT2D eigenvalue weighted by atomic mass is 10.0. The van der Waals surface area contributed by atoms with E-state index < -0.39 is 5.97 Å². The van der Waals surface area contributed by atoms with Crippen molar-refractivity contribution in [3.63, 3.8) is 0 Å². The van der Waals surface area contributed by atoms with Crippen LogP contribution in [0.3, 0.4) is 0 Å². The lowest BCUT2D eigenvalue weighted by Gasteiger charge is -2.21. The molecule has 1 heterocycles. The van der Waals surface area contributed by atoms with Crippen LogP contribution in [0.25, 0.3) is 0 Å². The summed E-state index contributed by atoms with van der Waals surface area (Å²) in [6, 6.07) is 11.4. The average molecular weight is 413 g/mol. The zero-order valence-corrected chi connectivity index (χ0v) is 17.5. The largest absolute Gasteiger partial charge is 0.493 e. The van der Waals surface area contributed by atoms with Gasteiger partial charge in [-0.3, -0.25) is 4.79 Å². The second-order valence-corrected chi connectivity index (χ2v) is 7.28. The number of esters is 1. The predicted molar refractivity (Wildman–Crippen MR) is 112 cm³/mol. The van der Waals surface area contributed by atoms with Gasteiger partial charge in [0.1, 0.15) is 13.2 Å². The fraction of sp³-hybridized carbons (Fsp3) is 0.391. The molecule has 0 saturated carbocycles. The van der Waals surface area contributed by atoms with Gasteiger partial charge in [-0.1, -0.05) is 38.1 Å². The normalized spacial score (nSPS) is 12.4. The highest BCUT2D eigenvalue weighted by Gasteiger charge is 2.22. The van der Waals surface area contributed by atoms with Crippen molar-refractivity contribution in [2.75, 3.05) is 33.5 Å². The standard InChI is InChI=1S/C23H27NO6/c1-15(2)17-6-4-16(5-7-17)8-9-24-21(25)14-30-23(26)18-12-19(27-3)22-20(13-18)28-10-11-29-22/h4-7,12-13,15H,8-11,14H2,1-3H3,(H,24,25). The molecule has 0 spiro atoms. The lowest BCUT2D eigenvalue weighted by Crippen LogP contribution is -2.30. The molecule has 2 aromatic carbocycles. The van der Waals surface area contributed by atoms with Gasteiger partial charge >= 0.3 is 5.97 Å². The van der Waals surface area contributed by atoms with Gasteiger partial charge in [-0.05, 0) is 35.6 Å². The molecule has 0 aromatic heterocycles. The van der Waals surface area contributed by atoms with E-state index in [-0.39, 0.29) is 18.1 Å². The molecule has 1 N–H and O–H groups in total. The molecule has 3 rings (SSSR count). The smallest absolute Gasteiger partial charge is 0.338 e. The van der Waals surface area contributed by atoms with Crippen molar-refractivity contribution >= 4 is 11.9 Å². The minimum absolute atomic E-state index is 0.231. The minimum Gasteiger partial charge on any atom is -0.493 e. The zero-order valence-electron chi connectivity index (χ0n) is 17.5. The number of nitrogens with one attached hydrogen (secondary N) is 1. The highest BCUT2D eigenvalue weighted by molar-refractivity contribution is 5.92. The van der Waals surface area contributed by atoms with Crippen LogP contribution in [0.2, 0.25) is 0 Å². The Morgan fingerprint density at radius 3 is 2.53 bits per heavy atom. The van der Waals surface area contributed by atoms with Crippen LogP contribution in [0.5, 0.6) is 17.2 Å². The van der Waals surface area contributed by atoms with E-state index >= 15 is 0 Å². The molecule has 0 aliphatic carbocycles. The summed E-state index contributed by atoms with van der Waals surface area (Å²) in [6.07, 6.45) is 0.706. The number of hydrogen-bond acceptors (Lipinski definition) is 6. The average Bonchev–Trinajstić information content (AvgIpc) is 2.77. The number of fused-ring (bicyclic) bond motifs is 1. The first-order chi connectivity index (χ1) is 14.5. The summed E-state index contributed by atoms with van der Waals surface area (Å²) >= 11 is 0. The zero-order chi connectivity index (χ0) is 21.5. The van der Waals surface area contributed by atoms with Crippen LogP contribution in [0.15, 0.2) is 36.4 Å². The van der Waals surface area contributed by atoms with E-state index in [1.54, 1.807) is 0 Å². The van der Waals surface area contributed by atoms with E-state index in [1.165, 1.54) is 24.8 Å². The molecule has 0 bridgehead atoms. The summed E-state index contributed by atoms with van der Waals surface area (Å²) in [4.78, 5) is 24.3. The van der Waals surface area contributed by atoms with Crippen molar-refractivity contribution in [2.24, 2.45) is 0 Å². The molecule has 0 radical (unpaired) electrons. The third kappa shape index (κ3) is 5.43. The summed E-state index contributed by atoms with van der Waals surface area (Å²) in [5, 5.41) is 2.76. The van der Waals surface area contributed by atoms with E-state index in [0.717, 1.165) is 5.56 Å². The highest BCUT2D eigenvalue weighted by atomic mass is 16.6. The van der Waals surface area contributed by atoms with Crippen molar-refractivity contribution in [1.82, 2.24) is 5.32 Å². The van der Waals surface area contributed by atoms with Crippen LogP contribution >= 0.6 is 0 Å². The van der Waals surface area contributed by atoms with E-state index in [9.17, 15) is 9.59 Å². The topological polar surface area (TPSA) is 83.1 Å². The molecule has 0 atom stereocenters. The van der Waals surface area contributed by atoms with Crippen LogP contribution in [-0.4, -0.2) is 45.4 Å². The Morgan fingerprint density at radius 1 is 1.10 bits per heavy atom. The molecule has 2 aromatic rings. The quantitative estimate of drug-likeness (QED) is 0.670. The molecular formula is C23H27NO6. The van der Waals surface area contributed by atoms with Gasteiger partial charge in [0, 0.05) is 6.54 Å². The van der Waals surface area contributed by atoms with Crippen molar-refractivity contribution in [2.45, 2.75) is 26.2 Å². The first kappa shape index (κ1) is 21.5. The first-order valence-electron chi connectivity index (χ1n) is 9.98. The molecule has 1 aliphatic heterocycles. The van der Waals surface area contributed by atoms with Gasteiger partial charge in [-0.2, -0.15) is 0 Å². The maximum Gasteiger partial charge on any atom is 0.338 e. The molecule has 160 valence electrons. The number of methoxy groups -OCH3 is 1. The summed E-state index contributed by atoms with van der Waals surface area (Å²) in [5.74, 6) is 0.756. The van der Waals surface area contributed by atoms with Crippen molar-refractivity contribution < 1.29 is 28.5 Å². The fourth-order valence-electron chi connectivity index (χ4n) is 3.07. The third-order valence-corrected chi connectivity index (χ3v) is 4.78. The Morgan fingerprint density at radius 2 is 1.83 bits per heavy atom. The van der Waals surface area contributed by atoms with Gasteiger partial charge < -0.3 is 24.3 Å². The predicted octanol–water partition coefficient (Wildman–Crippen LogP) is 3.11. The Kier molecular flexibility index (Phi) is 7.17. The van der Waals surface area contributed by atoms with Crippen molar-refractivity contribution in [3.05, 3.63) is 53.1 Å². The van der Waals surface area contributed by atoms with Gasteiger partial charge in [0.2, 0.25) is 5.75 Å². The molecule has 30 heavy (non-hydrogen) atoms. The van der Waals surface area contributed by atoms with E-state index in [4.69, 9.17) is 18.9 Å². The molecule has 1 aliphatic rings. The van der Waals surface area contributed by atoms with Gasteiger partial charge in [0.05, 0.1) is 12.7 Å². The summed E-state index contributed by atoms with van der Waals surface area (Å²) in [5.41, 5.74) is 2.65. The number of carbonyl (C=O) groups excluding carboxylic acids is 2. The monoisotopic (exact) mass is 413 g/mol. The van der Waals surface area contributed by atoms with Crippen LogP contribution < -0.4 is 19.5 Å². The van der Waals surface area contributed by atoms with E-state index in [1.807, 2.05) is 0 Å². The summed E-state index contributed by atoms with van der Waals surface area (Å²) < 4.78 is 21.4. The molecule has 0 saturated heterocycles.